The monoisotopic (exact) mass is 331 g/mol. The van der Waals surface area contributed by atoms with Crippen LogP contribution in [0.3, 0.4) is 0 Å². The average Bonchev–Trinajstić information content (AvgIpc) is 2.43. The van der Waals surface area contributed by atoms with Crippen LogP contribution >= 0.6 is 15.9 Å². The topological polar surface area (TPSA) is 39.7 Å². The number of hydrogen-bond acceptors (Lipinski definition) is 4. The van der Waals surface area contributed by atoms with Gasteiger partial charge >= 0.3 is 0 Å². The predicted molar refractivity (Wildman–Crippen MR) is 79.8 cm³/mol. The molecule has 1 aromatic carbocycles. The van der Waals surface area contributed by atoms with Crippen LogP contribution in [-0.2, 0) is 9.47 Å². The van der Waals surface area contributed by atoms with E-state index in [1.807, 2.05) is 24.3 Å². The van der Waals surface area contributed by atoms with E-state index >= 15 is 0 Å². The standard InChI is InChI=1S/C14H22BrNO3/c1-17-9-4-7-16-8-10-18-11-12-19-14-6-3-2-5-13(14)15/h2-3,5-6,16H,4,7-12H2,1H3. The van der Waals surface area contributed by atoms with E-state index in [9.17, 15) is 0 Å². The van der Waals surface area contributed by atoms with Crippen LogP contribution in [0.25, 0.3) is 0 Å². The lowest BCUT2D eigenvalue weighted by Gasteiger charge is -2.09. The van der Waals surface area contributed by atoms with Crippen molar-refractivity contribution in [2.45, 2.75) is 6.42 Å². The Balaban J connectivity index is 1.90. The molecule has 0 aliphatic heterocycles. The van der Waals surface area contributed by atoms with Gasteiger partial charge in [-0.15, -0.1) is 0 Å². The summed E-state index contributed by atoms with van der Waals surface area (Å²) in [6.45, 7) is 4.48. The molecule has 0 atom stereocenters. The molecule has 0 aliphatic rings. The Morgan fingerprint density at radius 3 is 2.68 bits per heavy atom. The molecule has 4 nitrogen and oxygen atoms in total. The van der Waals surface area contributed by atoms with Gasteiger partial charge in [0.15, 0.2) is 0 Å². The van der Waals surface area contributed by atoms with Crippen molar-refractivity contribution in [2.75, 3.05) is 46.6 Å². The highest BCUT2D eigenvalue weighted by atomic mass is 79.9. The number of halogens is 1. The Bertz CT molecular complexity index is 336. The third-order valence-electron chi connectivity index (χ3n) is 2.45. The molecule has 1 aromatic rings. The number of hydrogen-bond donors (Lipinski definition) is 1. The second kappa shape index (κ2) is 11.2. The van der Waals surface area contributed by atoms with Crippen molar-refractivity contribution in [3.05, 3.63) is 28.7 Å². The van der Waals surface area contributed by atoms with E-state index in [4.69, 9.17) is 14.2 Å². The fourth-order valence-corrected chi connectivity index (χ4v) is 1.88. The van der Waals surface area contributed by atoms with Crippen LogP contribution < -0.4 is 10.1 Å². The van der Waals surface area contributed by atoms with E-state index in [1.165, 1.54) is 0 Å². The molecule has 108 valence electrons. The lowest BCUT2D eigenvalue weighted by molar-refractivity contribution is 0.101. The van der Waals surface area contributed by atoms with Crippen molar-refractivity contribution in [1.82, 2.24) is 5.32 Å². The molecule has 0 heterocycles. The zero-order valence-electron chi connectivity index (χ0n) is 11.4. The Labute approximate surface area is 123 Å². The first-order valence-electron chi connectivity index (χ1n) is 6.49. The van der Waals surface area contributed by atoms with Crippen molar-refractivity contribution in [1.29, 1.82) is 0 Å². The quantitative estimate of drug-likeness (QED) is 0.632. The molecule has 0 saturated carbocycles. The number of benzene rings is 1. The van der Waals surface area contributed by atoms with Gasteiger partial charge in [-0.3, -0.25) is 0 Å². The molecule has 0 aliphatic carbocycles. The number of para-hydroxylation sites is 1. The molecule has 0 saturated heterocycles. The van der Waals surface area contributed by atoms with Crippen molar-refractivity contribution in [3.63, 3.8) is 0 Å². The first kappa shape index (κ1) is 16.4. The van der Waals surface area contributed by atoms with Gasteiger partial charge in [-0.2, -0.15) is 0 Å². The third-order valence-corrected chi connectivity index (χ3v) is 3.10. The molecule has 0 aromatic heterocycles. The molecule has 0 bridgehead atoms. The maximum Gasteiger partial charge on any atom is 0.133 e. The van der Waals surface area contributed by atoms with Gasteiger partial charge in [0.05, 0.1) is 17.7 Å². The molecule has 0 amide bonds. The van der Waals surface area contributed by atoms with Gasteiger partial charge in [0.25, 0.3) is 0 Å². The molecule has 1 N–H and O–H groups in total. The number of rotatable bonds is 11. The highest BCUT2D eigenvalue weighted by Crippen LogP contribution is 2.23. The van der Waals surface area contributed by atoms with Crippen LogP contribution in [0.15, 0.2) is 28.7 Å². The van der Waals surface area contributed by atoms with Crippen molar-refractivity contribution in [3.8, 4) is 5.75 Å². The van der Waals surface area contributed by atoms with Gasteiger partial charge < -0.3 is 19.5 Å². The van der Waals surface area contributed by atoms with Crippen LogP contribution in [0, 0.1) is 0 Å². The van der Waals surface area contributed by atoms with E-state index in [0.29, 0.717) is 19.8 Å². The lowest BCUT2D eigenvalue weighted by atomic mass is 10.3. The summed E-state index contributed by atoms with van der Waals surface area (Å²) in [6, 6.07) is 7.80. The molecular weight excluding hydrogens is 310 g/mol. The molecular formula is C14H22BrNO3. The third kappa shape index (κ3) is 8.21. The fourth-order valence-electron chi connectivity index (χ4n) is 1.49. The second-order valence-electron chi connectivity index (χ2n) is 3.99. The van der Waals surface area contributed by atoms with E-state index in [2.05, 4.69) is 21.2 Å². The van der Waals surface area contributed by atoms with Crippen LogP contribution in [-0.4, -0.2) is 46.6 Å². The summed E-state index contributed by atoms with van der Waals surface area (Å²) in [7, 11) is 1.72. The smallest absolute Gasteiger partial charge is 0.133 e. The normalized spacial score (nSPS) is 10.6. The molecule has 19 heavy (non-hydrogen) atoms. The van der Waals surface area contributed by atoms with Crippen molar-refractivity contribution >= 4 is 15.9 Å². The minimum atomic E-state index is 0.562. The maximum atomic E-state index is 5.59. The fraction of sp³-hybridized carbons (Fsp3) is 0.571. The Hall–Kier alpha value is -0.620. The van der Waals surface area contributed by atoms with Crippen molar-refractivity contribution in [2.24, 2.45) is 0 Å². The van der Waals surface area contributed by atoms with Gasteiger partial charge in [-0.05, 0) is 41.0 Å². The molecule has 0 spiro atoms. The predicted octanol–water partition coefficient (Wildman–Crippen LogP) is 2.47. The van der Waals surface area contributed by atoms with Crippen molar-refractivity contribution < 1.29 is 14.2 Å². The van der Waals surface area contributed by atoms with Crippen LogP contribution in [0.4, 0.5) is 0 Å². The van der Waals surface area contributed by atoms with Crippen LogP contribution in [0.2, 0.25) is 0 Å². The van der Waals surface area contributed by atoms with Gasteiger partial charge in [0, 0.05) is 20.3 Å². The number of nitrogens with one attached hydrogen (secondary N) is 1. The summed E-state index contributed by atoms with van der Waals surface area (Å²) < 4.78 is 17.0. The minimum absolute atomic E-state index is 0.562. The first-order chi connectivity index (χ1) is 9.34. The van der Waals surface area contributed by atoms with E-state index < -0.39 is 0 Å². The summed E-state index contributed by atoms with van der Waals surface area (Å²) in [5, 5.41) is 3.28. The number of ether oxygens (including phenoxy) is 3. The molecule has 1 rings (SSSR count). The minimum Gasteiger partial charge on any atom is -0.490 e. The highest BCUT2D eigenvalue weighted by molar-refractivity contribution is 9.10. The Kier molecular flexibility index (Phi) is 9.71. The highest BCUT2D eigenvalue weighted by Gasteiger charge is 1.98. The largest absolute Gasteiger partial charge is 0.490 e. The van der Waals surface area contributed by atoms with E-state index in [0.717, 1.165) is 36.3 Å². The summed E-state index contributed by atoms with van der Waals surface area (Å²) >= 11 is 3.43. The molecule has 5 heteroatoms. The SMILES string of the molecule is COCCCNCCOCCOc1ccccc1Br. The second-order valence-corrected chi connectivity index (χ2v) is 4.84. The van der Waals surface area contributed by atoms with Crippen LogP contribution in [0.5, 0.6) is 5.75 Å². The van der Waals surface area contributed by atoms with Gasteiger partial charge in [-0.25, -0.2) is 0 Å². The number of methoxy groups -OCH3 is 1. The molecule has 0 radical (unpaired) electrons. The first-order valence-corrected chi connectivity index (χ1v) is 7.28. The zero-order valence-corrected chi connectivity index (χ0v) is 12.9. The summed E-state index contributed by atoms with van der Waals surface area (Å²) in [5.74, 6) is 0.851. The van der Waals surface area contributed by atoms with Gasteiger partial charge in [0.1, 0.15) is 12.4 Å². The average molecular weight is 332 g/mol. The summed E-state index contributed by atoms with van der Waals surface area (Å²) in [4.78, 5) is 0. The van der Waals surface area contributed by atoms with E-state index in [-0.39, 0.29) is 0 Å². The summed E-state index contributed by atoms with van der Waals surface area (Å²) in [6.07, 6.45) is 1.03. The molecule has 0 fully saturated rings. The maximum absolute atomic E-state index is 5.59. The Morgan fingerprint density at radius 2 is 1.89 bits per heavy atom. The Morgan fingerprint density at radius 1 is 1.05 bits per heavy atom. The lowest BCUT2D eigenvalue weighted by Crippen LogP contribution is -2.22. The zero-order chi connectivity index (χ0) is 13.8. The van der Waals surface area contributed by atoms with Crippen LogP contribution in [0.1, 0.15) is 6.42 Å². The summed E-state index contributed by atoms with van der Waals surface area (Å²) in [5.41, 5.74) is 0. The molecule has 0 unspecified atom stereocenters. The van der Waals surface area contributed by atoms with E-state index in [1.54, 1.807) is 7.11 Å². The van der Waals surface area contributed by atoms with Gasteiger partial charge in [-0.1, -0.05) is 12.1 Å². The van der Waals surface area contributed by atoms with Gasteiger partial charge in [0.2, 0.25) is 0 Å².